The van der Waals surface area contributed by atoms with Gasteiger partial charge in [0.1, 0.15) is 0 Å². The second-order valence-corrected chi connectivity index (χ2v) is 4.38. The van der Waals surface area contributed by atoms with Gasteiger partial charge >= 0.3 is 5.51 Å². The molecule has 0 amide bonds. The highest BCUT2D eigenvalue weighted by atomic mass is 32.2. The van der Waals surface area contributed by atoms with E-state index in [2.05, 4.69) is 10.3 Å². The molecule has 1 heterocycles. The first-order chi connectivity index (χ1) is 7.49. The summed E-state index contributed by atoms with van der Waals surface area (Å²) in [5.41, 5.74) is -3.31. The summed E-state index contributed by atoms with van der Waals surface area (Å²) in [5.74, 6) is 0.0146. The molecule has 0 aliphatic heterocycles. The Morgan fingerprint density at radius 3 is 2.75 bits per heavy atom. The lowest BCUT2D eigenvalue weighted by Crippen LogP contribution is -2.23. The molecule has 0 saturated carbocycles. The number of hydrogen-bond acceptors (Lipinski definition) is 3. The molecule has 0 aliphatic carbocycles. The highest BCUT2D eigenvalue weighted by molar-refractivity contribution is 8.00. The lowest BCUT2D eigenvalue weighted by Gasteiger charge is -2.13. The highest BCUT2D eigenvalue weighted by Crippen LogP contribution is 2.29. The van der Waals surface area contributed by atoms with Crippen LogP contribution in [0.3, 0.4) is 0 Å². The van der Waals surface area contributed by atoms with Crippen LogP contribution in [0.1, 0.15) is 18.7 Å². The number of alkyl halides is 3. The van der Waals surface area contributed by atoms with Gasteiger partial charge in [0.25, 0.3) is 0 Å². The van der Waals surface area contributed by atoms with Gasteiger partial charge in [-0.1, -0.05) is 6.07 Å². The summed E-state index contributed by atoms with van der Waals surface area (Å²) in [4.78, 5) is 4.11. The molecule has 0 bridgehead atoms. The minimum absolute atomic E-state index is 0.0122. The van der Waals surface area contributed by atoms with Crippen LogP contribution >= 0.6 is 11.8 Å². The van der Waals surface area contributed by atoms with Crippen molar-refractivity contribution in [3.05, 3.63) is 30.1 Å². The van der Waals surface area contributed by atoms with Crippen molar-refractivity contribution in [2.24, 2.45) is 0 Å². The van der Waals surface area contributed by atoms with Crippen molar-refractivity contribution in [1.82, 2.24) is 10.3 Å². The number of rotatable bonds is 5. The minimum atomic E-state index is -4.14. The Kier molecular flexibility index (Phi) is 5.08. The molecule has 0 aliphatic rings. The van der Waals surface area contributed by atoms with Crippen LogP contribution < -0.4 is 5.32 Å². The number of halogens is 3. The zero-order valence-corrected chi connectivity index (χ0v) is 9.61. The van der Waals surface area contributed by atoms with Crippen molar-refractivity contribution in [2.45, 2.75) is 18.5 Å². The van der Waals surface area contributed by atoms with Gasteiger partial charge in [-0.15, -0.1) is 0 Å². The Labute approximate surface area is 96.6 Å². The van der Waals surface area contributed by atoms with Crippen LogP contribution in [-0.4, -0.2) is 22.8 Å². The van der Waals surface area contributed by atoms with Gasteiger partial charge in [-0.3, -0.25) is 4.98 Å². The molecule has 1 aromatic rings. The van der Waals surface area contributed by atoms with Gasteiger partial charge in [-0.25, -0.2) is 0 Å². The first-order valence-corrected chi connectivity index (χ1v) is 5.82. The summed E-state index contributed by atoms with van der Waals surface area (Å²) in [6, 6.07) is 5.46. The van der Waals surface area contributed by atoms with Crippen molar-refractivity contribution in [3.8, 4) is 0 Å². The minimum Gasteiger partial charge on any atom is -0.308 e. The lowest BCUT2D eigenvalue weighted by molar-refractivity contribution is -0.0327. The fourth-order valence-corrected chi connectivity index (χ4v) is 1.63. The molecule has 90 valence electrons. The molecule has 6 heteroatoms. The quantitative estimate of drug-likeness (QED) is 0.813. The van der Waals surface area contributed by atoms with Crippen molar-refractivity contribution in [3.63, 3.8) is 0 Å². The third-order valence-corrected chi connectivity index (χ3v) is 2.69. The summed E-state index contributed by atoms with van der Waals surface area (Å²) in [6.45, 7) is 2.18. The van der Waals surface area contributed by atoms with Gasteiger partial charge in [0.05, 0.1) is 5.69 Å². The lowest BCUT2D eigenvalue weighted by atomic mass is 10.2. The van der Waals surface area contributed by atoms with Crippen LogP contribution in [0.5, 0.6) is 0 Å². The zero-order valence-electron chi connectivity index (χ0n) is 8.79. The van der Waals surface area contributed by atoms with E-state index in [-0.39, 0.29) is 23.6 Å². The number of hydrogen-bond donors (Lipinski definition) is 1. The van der Waals surface area contributed by atoms with Gasteiger partial charge < -0.3 is 5.32 Å². The molecule has 1 aromatic heterocycles. The molecular formula is C10H13F3N2S. The predicted octanol–water partition coefficient (Wildman–Crippen LogP) is 2.99. The Bertz CT molecular complexity index is 303. The largest absolute Gasteiger partial charge is 0.441 e. The van der Waals surface area contributed by atoms with Crippen molar-refractivity contribution in [2.75, 3.05) is 12.3 Å². The van der Waals surface area contributed by atoms with E-state index in [0.717, 1.165) is 5.69 Å². The average molecular weight is 250 g/mol. The average Bonchev–Trinajstić information content (AvgIpc) is 2.24. The predicted molar refractivity (Wildman–Crippen MR) is 59.2 cm³/mol. The molecule has 0 spiro atoms. The molecule has 1 rings (SSSR count). The first-order valence-electron chi connectivity index (χ1n) is 4.84. The van der Waals surface area contributed by atoms with Gasteiger partial charge in [0.15, 0.2) is 0 Å². The maximum atomic E-state index is 11.8. The van der Waals surface area contributed by atoms with Crippen molar-refractivity contribution in [1.29, 1.82) is 0 Å². The van der Waals surface area contributed by atoms with Crippen LogP contribution in [0.15, 0.2) is 24.4 Å². The molecule has 0 aromatic carbocycles. The maximum absolute atomic E-state index is 11.8. The number of pyridine rings is 1. The van der Waals surface area contributed by atoms with Gasteiger partial charge in [-0.05, 0) is 30.8 Å². The smallest absolute Gasteiger partial charge is 0.308 e. The number of nitrogens with one attached hydrogen (secondary N) is 1. The number of aromatic nitrogens is 1. The SMILES string of the molecule is C[C@@H](NCCSC(F)(F)F)c1ccccn1. The summed E-state index contributed by atoms with van der Waals surface area (Å²) in [7, 11) is 0. The van der Waals surface area contributed by atoms with E-state index in [1.54, 1.807) is 12.3 Å². The van der Waals surface area contributed by atoms with E-state index in [1.807, 2.05) is 19.1 Å². The van der Waals surface area contributed by atoms with Gasteiger partial charge in [0.2, 0.25) is 0 Å². The molecule has 1 N–H and O–H groups in total. The summed E-state index contributed by atoms with van der Waals surface area (Å²) < 4.78 is 35.5. The Morgan fingerprint density at radius 2 is 2.19 bits per heavy atom. The van der Waals surface area contributed by atoms with Crippen LogP contribution in [0.25, 0.3) is 0 Å². The van der Waals surface area contributed by atoms with Crippen LogP contribution in [0.4, 0.5) is 13.2 Å². The first kappa shape index (κ1) is 13.3. The molecule has 0 unspecified atom stereocenters. The molecule has 2 nitrogen and oxygen atoms in total. The van der Waals surface area contributed by atoms with Gasteiger partial charge in [0, 0.05) is 24.5 Å². The molecule has 0 radical (unpaired) electrons. The van der Waals surface area contributed by atoms with E-state index in [1.165, 1.54) is 0 Å². The Morgan fingerprint density at radius 1 is 1.44 bits per heavy atom. The third-order valence-electron chi connectivity index (χ3n) is 1.95. The van der Waals surface area contributed by atoms with Crippen LogP contribution in [0, 0.1) is 0 Å². The number of thioether (sulfide) groups is 1. The van der Waals surface area contributed by atoms with E-state index in [4.69, 9.17) is 0 Å². The summed E-state index contributed by atoms with van der Waals surface area (Å²) in [5, 5.41) is 2.99. The molecular weight excluding hydrogens is 237 g/mol. The third kappa shape index (κ3) is 5.37. The van der Waals surface area contributed by atoms with E-state index < -0.39 is 5.51 Å². The molecule has 0 saturated heterocycles. The van der Waals surface area contributed by atoms with Crippen molar-refractivity contribution < 1.29 is 13.2 Å². The van der Waals surface area contributed by atoms with E-state index in [9.17, 15) is 13.2 Å². The monoisotopic (exact) mass is 250 g/mol. The molecule has 1 atom stereocenters. The molecule has 0 fully saturated rings. The Hall–Kier alpha value is -0.750. The maximum Gasteiger partial charge on any atom is 0.441 e. The normalized spacial score (nSPS) is 13.8. The Balaban J connectivity index is 2.24. The second kappa shape index (κ2) is 6.10. The van der Waals surface area contributed by atoms with Crippen molar-refractivity contribution >= 4 is 11.8 Å². The number of nitrogens with zero attached hydrogens (tertiary/aromatic N) is 1. The van der Waals surface area contributed by atoms with E-state index in [0.29, 0.717) is 6.54 Å². The summed E-state index contributed by atoms with van der Waals surface area (Å²) >= 11 is -0.0122. The second-order valence-electron chi connectivity index (χ2n) is 3.22. The summed E-state index contributed by atoms with van der Waals surface area (Å²) in [6.07, 6.45) is 1.66. The van der Waals surface area contributed by atoms with E-state index >= 15 is 0 Å². The fourth-order valence-electron chi connectivity index (χ4n) is 1.18. The zero-order chi connectivity index (χ0) is 12.0. The fraction of sp³-hybridized carbons (Fsp3) is 0.500. The standard InChI is InChI=1S/C10H13F3N2S/c1-8(9-4-2-3-5-15-9)14-6-7-16-10(11,12)13/h2-5,8,14H,6-7H2,1H3/t8-/m1/s1. The van der Waals surface area contributed by atoms with Gasteiger partial charge in [-0.2, -0.15) is 13.2 Å². The van der Waals surface area contributed by atoms with Crippen LogP contribution in [0.2, 0.25) is 0 Å². The molecule has 16 heavy (non-hydrogen) atoms. The van der Waals surface area contributed by atoms with Crippen LogP contribution in [-0.2, 0) is 0 Å². The highest BCUT2D eigenvalue weighted by Gasteiger charge is 2.27. The topological polar surface area (TPSA) is 24.9 Å².